The van der Waals surface area contributed by atoms with Gasteiger partial charge < -0.3 is 10.2 Å². The average molecular weight is 421 g/mol. The van der Waals surface area contributed by atoms with E-state index in [-0.39, 0.29) is 17.4 Å². The Bertz CT molecular complexity index is 1080. The van der Waals surface area contributed by atoms with E-state index in [4.69, 9.17) is 0 Å². The van der Waals surface area contributed by atoms with E-state index in [1.165, 1.54) is 30.3 Å². The minimum Gasteiger partial charge on any atom is -0.322 e. The first-order chi connectivity index (χ1) is 15.0. The van der Waals surface area contributed by atoms with E-state index in [2.05, 4.69) is 5.32 Å². The number of benzene rings is 3. The van der Waals surface area contributed by atoms with E-state index in [9.17, 15) is 18.4 Å². The van der Waals surface area contributed by atoms with Gasteiger partial charge in [0.1, 0.15) is 11.6 Å². The number of amides is 3. The Kier molecular flexibility index (Phi) is 5.93. The van der Waals surface area contributed by atoms with Crippen molar-refractivity contribution in [1.29, 1.82) is 0 Å². The molecule has 0 bridgehead atoms. The number of nitrogens with one attached hydrogen (secondary N) is 1. The van der Waals surface area contributed by atoms with Gasteiger partial charge in [-0.25, -0.2) is 13.6 Å². The van der Waals surface area contributed by atoms with Crippen molar-refractivity contribution in [2.45, 2.75) is 13.0 Å². The Hall–Kier alpha value is -3.74. The first-order valence-corrected chi connectivity index (χ1v) is 9.98. The third-order valence-electron chi connectivity index (χ3n) is 5.15. The molecular formula is C24H21F2N3O2. The minimum absolute atomic E-state index is 0.0331. The van der Waals surface area contributed by atoms with E-state index in [0.29, 0.717) is 31.0 Å². The molecule has 31 heavy (non-hydrogen) atoms. The zero-order chi connectivity index (χ0) is 21.8. The molecule has 1 saturated heterocycles. The van der Waals surface area contributed by atoms with Gasteiger partial charge in [-0.15, -0.1) is 0 Å². The second kappa shape index (κ2) is 8.95. The van der Waals surface area contributed by atoms with Crippen molar-refractivity contribution >= 4 is 23.3 Å². The molecule has 0 unspecified atom stereocenters. The molecule has 7 heteroatoms. The maximum atomic E-state index is 13.8. The summed E-state index contributed by atoms with van der Waals surface area (Å²) in [6.45, 7) is 1.62. The lowest BCUT2D eigenvalue weighted by atomic mass is 10.1. The van der Waals surface area contributed by atoms with Crippen LogP contribution in [0.3, 0.4) is 0 Å². The summed E-state index contributed by atoms with van der Waals surface area (Å²) in [6, 6.07) is 18.6. The minimum atomic E-state index is -0.586. The molecule has 0 radical (unpaired) electrons. The predicted molar refractivity (Wildman–Crippen MR) is 115 cm³/mol. The monoisotopic (exact) mass is 421 g/mol. The molecule has 0 aliphatic carbocycles. The summed E-state index contributed by atoms with van der Waals surface area (Å²) in [5.74, 6) is -1.43. The summed E-state index contributed by atoms with van der Waals surface area (Å²) in [6.07, 6.45) is 0.804. The summed E-state index contributed by atoms with van der Waals surface area (Å²) in [4.78, 5) is 28.6. The second-order valence-corrected chi connectivity index (χ2v) is 7.32. The Morgan fingerprint density at radius 3 is 2.32 bits per heavy atom. The molecule has 0 atom stereocenters. The standard InChI is InChI=1S/C24H21F2N3O2/c25-18-8-6-17(7-9-18)16-28-14-3-15-29(24(28)31)20-12-10-19(11-13-20)27-23(30)21-4-1-2-5-22(21)26/h1-2,4-13H,3,14-16H2,(H,27,30). The molecule has 3 aromatic carbocycles. The van der Waals surface area contributed by atoms with Crippen LogP contribution in [0.25, 0.3) is 0 Å². The van der Waals surface area contributed by atoms with Gasteiger partial charge in [0.25, 0.3) is 5.91 Å². The number of carbonyl (C=O) groups excluding carboxylic acids is 2. The van der Waals surface area contributed by atoms with Gasteiger partial charge in [-0.1, -0.05) is 24.3 Å². The van der Waals surface area contributed by atoms with Crippen molar-refractivity contribution in [3.05, 3.63) is 95.6 Å². The average Bonchev–Trinajstić information content (AvgIpc) is 2.78. The van der Waals surface area contributed by atoms with Gasteiger partial charge in [0.05, 0.1) is 5.56 Å². The molecule has 1 fully saturated rings. The van der Waals surface area contributed by atoms with E-state index in [1.54, 1.807) is 52.3 Å². The molecular weight excluding hydrogens is 400 g/mol. The Balaban J connectivity index is 1.43. The van der Waals surface area contributed by atoms with Gasteiger partial charge in [0.2, 0.25) is 0 Å². The summed E-state index contributed by atoms with van der Waals surface area (Å²) < 4.78 is 26.9. The number of anilines is 2. The van der Waals surface area contributed by atoms with E-state index in [1.807, 2.05) is 0 Å². The zero-order valence-electron chi connectivity index (χ0n) is 16.7. The van der Waals surface area contributed by atoms with Crippen molar-refractivity contribution in [3.8, 4) is 0 Å². The summed E-state index contributed by atoms with van der Waals surface area (Å²) in [5.41, 5.74) is 2.04. The number of carbonyl (C=O) groups is 2. The third-order valence-corrected chi connectivity index (χ3v) is 5.15. The zero-order valence-corrected chi connectivity index (χ0v) is 16.7. The van der Waals surface area contributed by atoms with Crippen molar-refractivity contribution in [2.24, 2.45) is 0 Å². The third kappa shape index (κ3) is 4.71. The molecule has 1 aliphatic heterocycles. The highest BCUT2D eigenvalue weighted by molar-refractivity contribution is 6.04. The van der Waals surface area contributed by atoms with Gasteiger partial charge in [-0.2, -0.15) is 0 Å². The SMILES string of the molecule is O=C(Nc1ccc(N2CCCN(Cc3ccc(F)cc3)C2=O)cc1)c1ccccc1F. The lowest BCUT2D eigenvalue weighted by Gasteiger charge is -2.35. The maximum absolute atomic E-state index is 13.8. The quantitative estimate of drug-likeness (QED) is 0.627. The number of nitrogens with zero attached hydrogens (tertiary/aromatic N) is 2. The van der Waals surface area contributed by atoms with Crippen molar-refractivity contribution in [3.63, 3.8) is 0 Å². The fourth-order valence-electron chi connectivity index (χ4n) is 3.55. The topological polar surface area (TPSA) is 52.7 Å². The van der Waals surface area contributed by atoms with Gasteiger partial charge in [0, 0.05) is 31.0 Å². The summed E-state index contributed by atoms with van der Waals surface area (Å²) >= 11 is 0. The number of halogens is 2. The van der Waals surface area contributed by atoms with Gasteiger partial charge >= 0.3 is 6.03 Å². The van der Waals surface area contributed by atoms with Crippen LogP contribution in [0.2, 0.25) is 0 Å². The van der Waals surface area contributed by atoms with E-state index < -0.39 is 11.7 Å². The molecule has 0 saturated carbocycles. The smallest absolute Gasteiger partial charge is 0.322 e. The number of hydrogen-bond acceptors (Lipinski definition) is 2. The van der Waals surface area contributed by atoms with E-state index in [0.717, 1.165) is 12.0 Å². The molecule has 3 aromatic rings. The second-order valence-electron chi connectivity index (χ2n) is 7.32. The normalized spacial score (nSPS) is 13.9. The molecule has 1 N–H and O–H groups in total. The van der Waals surface area contributed by atoms with Crippen LogP contribution in [0.4, 0.5) is 25.0 Å². The molecule has 158 valence electrons. The van der Waals surface area contributed by atoms with Crippen LogP contribution < -0.4 is 10.2 Å². The Labute approximate surface area is 178 Å². The molecule has 1 heterocycles. The largest absolute Gasteiger partial charge is 0.324 e. The molecule has 0 spiro atoms. The maximum Gasteiger partial charge on any atom is 0.324 e. The Morgan fingerprint density at radius 1 is 0.903 bits per heavy atom. The lowest BCUT2D eigenvalue weighted by molar-refractivity contribution is 0.102. The van der Waals surface area contributed by atoms with Crippen LogP contribution >= 0.6 is 0 Å². The van der Waals surface area contributed by atoms with Crippen molar-refractivity contribution in [1.82, 2.24) is 4.90 Å². The summed E-state index contributed by atoms with van der Waals surface area (Å²) in [7, 11) is 0. The number of hydrogen-bond donors (Lipinski definition) is 1. The molecule has 0 aromatic heterocycles. The van der Waals surface area contributed by atoms with E-state index >= 15 is 0 Å². The highest BCUT2D eigenvalue weighted by Crippen LogP contribution is 2.24. The number of urea groups is 1. The van der Waals surface area contributed by atoms with Crippen LogP contribution in [0, 0.1) is 11.6 Å². The van der Waals surface area contributed by atoms with Gasteiger partial charge in [0.15, 0.2) is 0 Å². The fourth-order valence-corrected chi connectivity index (χ4v) is 3.55. The number of rotatable bonds is 5. The highest BCUT2D eigenvalue weighted by Gasteiger charge is 2.26. The van der Waals surface area contributed by atoms with Crippen LogP contribution in [0.5, 0.6) is 0 Å². The first-order valence-electron chi connectivity index (χ1n) is 9.98. The predicted octanol–water partition coefficient (Wildman–Crippen LogP) is 5.05. The molecule has 3 amide bonds. The Morgan fingerprint density at radius 2 is 1.61 bits per heavy atom. The highest BCUT2D eigenvalue weighted by atomic mass is 19.1. The van der Waals surface area contributed by atoms with Gasteiger partial charge in [-0.05, 0) is 60.5 Å². The van der Waals surface area contributed by atoms with Crippen LogP contribution in [0.15, 0.2) is 72.8 Å². The first kappa shape index (κ1) is 20.5. The lowest BCUT2D eigenvalue weighted by Crippen LogP contribution is -2.49. The molecule has 5 nitrogen and oxygen atoms in total. The van der Waals surface area contributed by atoms with Crippen LogP contribution in [-0.2, 0) is 6.54 Å². The van der Waals surface area contributed by atoms with Gasteiger partial charge in [-0.3, -0.25) is 9.69 Å². The van der Waals surface area contributed by atoms with Crippen molar-refractivity contribution < 1.29 is 18.4 Å². The fraction of sp³-hybridized carbons (Fsp3) is 0.167. The van der Waals surface area contributed by atoms with Crippen LogP contribution in [-0.4, -0.2) is 29.9 Å². The summed E-state index contributed by atoms with van der Waals surface area (Å²) in [5, 5.41) is 2.66. The van der Waals surface area contributed by atoms with Crippen molar-refractivity contribution in [2.75, 3.05) is 23.3 Å². The molecule has 1 aliphatic rings. The van der Waals surface area contributed by atoms with Crippen LogP contribution in [0.1, 0.15) is 22.3 Å². The molecule has 4 rings (SSSR count).